The predicted octanol–water partition coefficient (Wildman–Crippen LogP) is 4.04. The molecule has 5 aromatic rings. The Morgan fingerprint density at radius 1 is 1.18 bits per heavy atom. The highest BCUT2D eigenvalue weighted by molar-refractivity contribution is 6.01. The summed E-state index contributed by atoms with van der Waals surface area (Å²) in [5.74, 6) is 1.11. The monoisotopic (exact) mass is 456 g/mol. The number of rotatable bonds is 4. The molecule has 0 radical (unpaired) electrons. The summed E-state index contributed by atoms with van der Waals surface area (Å²) in [6, 6.07) is 13.4. The number of benzene rings is 2. The molecule has 0 atom stereocenters. The van der Waals surface area contributed by atoms with Crippen molar-refractivity contribution in [2.24, 2.45) is 0 Å². The average molecular weight is 457 g/mol. The number of nitrogens with one attached hydrogen (secondary N) is 1. The molecule has 3 aromatic heterocycles. The third kappa shape index (κ3) is 3.34. The van der Waals surface area contributed by atoms with Crippen LogP contribution in [0, 0.1) is 0 Å². The van der Waals surface area contributed by atoms with Gasteiger partial charge in [-0.3, -0.25) is 14.2 Å². The van der Waals surface area contributed by atoms with E-state index in [9.17, 15) is 9.59 Å². The van der Waals surface area contributed by atoms with Gasteiger partial charge in [-0.1, -0.05) is 12.1 Å². The predicted molar refractivity (Wildman–Crippen MR) is 129 cm³/mol. The highest BCUT2D eigenvalue weighted by atomic mass is 16.5. The number of aromatic amines is 1. The van der Waals surface area contributed by atoms with E-state index in [4.69, 9.17) is 9.15 Å². The van der Waals surface area contributed by atoms with E-state index in [0.717, 1.165) is 29.5 Å². The fourth-order valence-electron chi connectivity index (χ4n) is 5.00. The van der Waals surface area contributed by atoms with E-state index < -0.39 is 0 Å². The largest absolute Gasteiger partial charge is 0.497 e. The second-order valence-electron chi connectivity index (χ2n) is 8.76. The van der Waals surface area contributed by atoms with Gasteiger partial charge < -0.3 is 19.0 Å². The molecule has 0 aliphatic carbocycles. The van der Waals surface area contributed by atoms with Crippen LogP contribution in [-0.4, -0.2) is 45.5 Å². The molecule has 0 saturated carbocycles. The lowest BCUT2D eigenvalue weighted by atomic mass is 9.89. The number of ether oxygens (including phenoxy) is 1. The zero-order chi connectivity index (χ0) is 23.2. The van der Waals surface area contributed by atoms with Crippen LogP contribution < -0.4 is 10.3 Å². The van der Waals surface area contributed by atoms with Crippen molar-refractivity contribution in [2.45, 2.75) is 25.3 Å². The molecule has 1 saturated heterocycles. The number of amides is 1. The third-order valence-electron chi connectivity index (χ3n) is 6.86. The fraction of sp³-hybridized carbons (Fsp3) is 0.269. The van der Waals surface area contributed by atoms with Crippen LogP contribution in [-0.2, 0) is 11.3 Å². The summed E-state index contributed by atoms with van der Waals surface area (Å²) in [6.07, 6.45) is 5.24. The number of aromatic nitrogens is 3. The molecule has 2 aromatic carbocycles. The molecule has 0 unspecified atom stereocenters. The van der Waals surface area contributed by atoms with Gasteiger partial charge in [0.1, 0.15) is 23.4 Å². The van der Waals surface area contributed by atoms with Crippen molar-refractivity contribution in [1.29, 1.82) is 0 Å². The number of carbonyl (C=O) groups excluding carboxylic acids is 1. The fourth-order valence-corrected chi connectivity index (χ4v) is 5.00. The Balaban J connectivity index is 1.18. The number of methoxy groups -OCH3 is 1. The first-order chi connectivity index (χ1) is 16.6. The van der Waals surface area contributed by atoms with Gasteiger partial charge in [0.05, 0.1) is 13.4 Å². The van der Waals surface area contributed by atoms with E-state index in [1.165, 1.54) is 21.8 Å². The summed E-state index contributed by atoms with van der Waals surface area (Å²) in [7, 11) is 1.67. The van der Waals surface area contributed by atoms with Crippen LogP contribution >= 0.6 is 0 Å². The Kier molecular flexibility index (Phi) is 4.86. The molecule has 34 heavy (non-hydrogen) atoms. The van der Waals surface area contributed by atoms with Crippen molar-refractivity contribution in [1.82, 2.24) is 19.4 Å². The molecule has 8 heteroatoms. The number of fused-ring (bicyclic) bond motifs is 4. The zero-order valence-electron chi connectivity index (χ0n) is 18.8. The lowest BCUT2D eigenvalue weighted by molar-refractivity contribution is -0.132. The molecular formula is C26H24N4O4. The van der Waals surface area contributed by atoms with Gasteiger partial charge in [0.15, 0.2) is 0 Å². The summed E-state index contributed by atoms with van der Waals surface area (Å²) < 4.78 is 12.4. The maximum Gasteiger partial charge on any atom is 0.297 e. The molecule has 1 aliphatic heterocycles. The maximum absolute atomic E-state index is 13.0. The molecule has 6 rings (SSSR count). The summed E-state index contributed by atoms with van der Waals surface area (Å²) in [4.78, 5) is 35.5. The summed E-state index contributed by atoms with van der Waals surface area (Å²) in [5.41, 5.74) is 3.34. The van der Waals surface area contributed by atoms with E-state index in [1.807, 2.05) is 35.2 Å². The van der Waals surface area contributed by atoms with Crippen LogP contribution in [0.25, 0.3) is 33.0 Å². The first-order valence-electron chi connectivity index (χ1n) is 11.4. The first kappa shape index (κ1) is 20.5. The highest BCUT2D eigenvalue weighted by Gasteiger charge is 2.26. The van der Waals surface area contributed by atoms with Crippen LogP contribution in [0.1, 0.15) is 24.3 Å². The van der Waals surface area contributed by atoms with Gasteiger partial charge in [0, 0.05) is 35.6 Å². The summed E-state index contributed by atoms with van der Waals surface area (Å²) >= 11 is 0. The van der Waals surface area contributed by atoms with Gasteiger partial charge in [-0.2, -0.15) is 0 Å². The van der Waals surface area contributed by atoms with Crippen molar-refractivity contribution in [3.8, 4) is 5.75 Å². The van der Waals surface area contributed by atoms with Crippen LogP contribution in [0.2, 0.25) is 0 Å². The lowest BCUT2D eigenvalue weighted by Crippen LogP contribution is -2.41. The summed E-state index contributed by atoms with van der Waals surface area (Å²) in [5, 5.41) is 1.96. The highest BCUT2D eigenvalue weighted by Crippen LogP contribution is 2.34. The molecule has 0 bridgehead atoms. The Labute approximate surface area is 194 Å². The second kappa shape index (κ2) is 8.06. The van der Waals surface area contributed by atoms with Gasteiger partial charge >= 0.3 is 0 Å². The van der Waals surface area contributed by atoms with Gasteiger partial charge in [-0.25, -0.2) is 4.98 Å². The van der Waals surface area contributed by atoms with Gasteiger partial charge in [-0.15, -0.1) is 0 Å². The Morgan fingerprint density at radius 2 is 2.00 bits per heavy atom. The molecule has 172 valence electrons. The van der Waals surface area contributed by atoms with Gasteiger partial charge in [-0.05, 0) is 54.7 Å². The van der Waals surface area contributed by atoms with Crippen LogP contribution in [0.3, 0.4) is 0 Å². The Bertz CT molecular complexity index is 1590. The van der Waals surface area contributed by atoms with E-state index in [2.05, 4.69) is 22.2 Å². The quantitative estimate of drug-likeness (QED) is 0.441. The van der Waals surface area contributed by atoms with Crippen molar-refractivity contribution in [3.05, 3.63) is 70.9 Å². The van der Waals surface area contributed by atoms with Crippen molar-refractivity contribution in [3.63, 3.8) is 0 Å². The third-order valence-corrected chi connectivity index (χ3v) is 6.86. The number of hydrogen-bond acceptors (Lipinski definition) is 5. The van der Waals surface area contributed by atoms with Crippen molar-refractivity contribution >= 4 is 38.9 Å². The number of piperidine rings is 1. The zero-order valence-corrected chi connectivity index (χ0v) is 18.8. The van der Waals surface area contributed by atoms with E-state index in [-0.39, 0.29) is 23.6 Å². The number of nitrogens with zero attached hydrogens (tertiary/aromatic N) is 3. The minimum atomic E-state index is -0.336. The van der Waals surface area contributed by atoms with E-state index in [0.29, 0.717) is 30.1 Å². The number of carbonyl (C=O) groups is 1. The van der Waals surface area contributed by atoms with E-state index in [1.54, 1.807) is 13.2 Å². The maximum atomic E-state index is 13.0. The van der Waals surface area contributed by atoms with Crippen LogP contribution in [0.15, 0.2) is 64.2 Å². The van der Waals surface area contributed by atoms with Gasteiger partial charge in [0.2, 0.25) is 11.5 Å². The minimum Gasteiger partial charge on any atom is -0.497 e. The number of para-hydroxylation sites is 1. The smallest absolute Gasteiger partial charge is 0.297 e. The summed E-state index contributed by atoms with van der Waals surface area (Å²) in [6.45, 7) is 1.25. The minimum absolute atomic E-state index is 0.0478. The lowest BCUT2D eigenvalue weighted by Gasteiger charge is -2.32. The number of likely N-dealkylation sites (tertiary alicyclic amines) is 1. The first-order valence-corrected chi connectivity index (χ1v) is 11.4. The van der Waals surface area contributed by atoms with Crippen molar-refractivity contribution in [2.75, 3.05) is 20.2 Å². The standard InChI is InChI=1S/C26H24N4O4/c1-33-17-6-7-21-19(12-17)20(13-27-21)16-8-10-29(11-9-16)23(31)14-30-15-28-24-18-4-2-3-5-22(18)34-25(24)26(30)32/h2-7,12-13,15-16,27H,8-11,14H2,1H3. The molecular weight excluding hydrogens is 432 g/mol. The Morgan fingerprint density at radius 3 is 2.82 bits per heavy atom. The number of H-pyrrole nitrogens is 1. The molecule has 1 fully saturated rings. The van der Waals surface area contributed by atoms with Crippen LogP contribution in [0.5, 0.6) is 5.75 Å². The average Bonchev–Trinajstić information content (AvgIpc) is 3.47. The Hall–Kier alpha value is -4.07. The SMILES string of the molecule is COc1ccc2[nH]cc(C3CCN(C(=O)Cn4cnc5c(oc6ccccc65)c4=O)CC3)c2c1. The molecule has 1 amide bonds. The molecule has 1 aliphatic rings. The second-order valence-corrected chi connectivity index (χ2v) is 8.76. The number of furan rings is 1. The van der Waals surface area contributed by atoms with E-state index >= 15 is 0 Å². The number of hydrogen-bond donors (Lipinski definition) is 1. The molecule has 4 heterocycles. The molecule has 0 spiro atoms. The molecule has 1 N–H and O–H groups in total. The molecule has 8 nitrogen and oxygen atoms in total. The topological polar surface area (TPSA) is 93.4 Å². The van der Waals surface area contributed by atoms with Gasteiger partial charge in [0.25, 0.3) is 5.56 Å². The van der Waals surface area contributed by atoms with Crippen LogP contribution in [0.4, 0.5) is 0 Å². The normalized spacial score (nSPS) is 14.9. The van der Waals surface area contributed by atoms with Crippen molar-refractivity contribution < 1.29 is 13.9 Å².